The molecule has 0 aliphatic rings. The summed E-state index contributed by atoms with van der Waals surface area (Å²) >= 11 is 0. The van der Waals surface area contributed by atoms with E-state index in [1.165, 1.54) is 0 Å². The summed E-state index contributed by atoms with van der Waals surface area (Å²) in [5.74, 6) is 0.516. The van der Waals surface area contributed by atoms with E-state index in [-0.39, 0.29) is 18.4 Å². The molecule has 0 fully saturated rings. The van der Waals surface area contributed by atoms with Crippen LogP contribution >= 0.6 is 12.4 Å². The van der Waals surface area contributed by atoms with E-state index >= 15 is 0 Å². The molecule has 15 heavy (non-hydrogen) atoms. The third kappa shape index (κ3) is 6.36. The van der Waals surface area contributed by atoms with Gasteiger partial charge in [0.2, 0.25) is 0 Å². The molecule has 0 rings (SSSR count). The highest BCUT2D eigenvalue weighted by Crippen LogP contribution is 2.27. The summed E-state index contributed by atoms with van der Waals surface area (Å²) in [5.41, 5.74) is 3.65. The zero-order valence-corrected chi connectivity index (χ0v) is 11.3. The van der Waals surface area contributed by atoms with E-state index in [1.807, 2.05) is 0 Å². The molecule has 0 saturated heterocycles. The quantitative estimate of drug-likeness (QED) is 0.684. The summed E-state index contributed by atoms with van der Waals surface area (Å²) < 4.78 is 0. The molecular formula is C11H26ClNO2. The summed E-state index contributed by atoms with van der Waals surface area (Å²) in [7, 11) is 0. The van der Waals surface area contributed by atoms with Crippen LogP contribution in [0.4, 0.5) is 0 Å². The minimum atomic E-state index is -1.12. The van der Waals surface area contributed by atoms with Crippen LogP contribution in [0.2, 0.25) is 0 Å². The van der Waals surface area contributed by atoms with Gasteiger partial charge in [0.25, 0.3) is 0 Å². The largest absolute Gasteiger partial charge is 0.387 e. The van der Waals surface area contributed by atoms with Gasteiger partial charge in [-0.1, -0.05) is 13.8 Å². The molecule has 0 heterocycles. The number of halogens is 1. The molecule has 94 valence electrons. The standard InChI is InChI=1S/C11H25NO2.ClH/c1-8(2)6-9(12)7-11(5,14)10(3,4)13;/h8-9,13-14H,6-7,12H2,1-5H3;1H/t9?,11-;/m1./s1. The lowest BCUT2D eigenvalue weighted by molar-refractivity contribution is -0.126. The van der Waals surface area contributed by atoms with Crippen molar-refractivity contribution in [3.8, 4) is 0 Å². The van der Waals surface area contributed by atoms with Gasteiger partial charge in [0, 0.05) is 6.04 Å². The van der Waals surface area contributed by atoms with E-state index in [0.717, 1.165) is 6.42 Å². The summed E-state index contributed by atoms with van der Waals surface area (Å²) in [4.78, 5) is 0. The molecule has 3 nitrogen and oxygen atoms in total. The van der Waals surface area contributed by atoms with Crippen molar-refractivity contribution in [2.45, 2.75) is 64.7 Å². The Morgan fingerprint density at radius 3 is 1.80 bits per heavy atom. The molecule has 0 saturated carbocycles. The fourth-order valence-electron chi connectivity index (χ4n) is 1.45. The van der Waals surface area contributed by atoms with Crippen LogP contribution in [-0.4, -0.2) is 27.5 Å². The molecule has 0 spiro atoms. The van der Waals surface area contributed by atoms with Gasteiger partial charge >= 0.3 is 0 Å². The minimum Gasteiger partial charge on any atom is -0.387 e. The van der Waals surface area contributed by atoms with Gasteiger partial charge in [-0.05, 0) is 39.5 Å². The predicted octanol–water partition coefficient (Wildman–Crippen LogP) is 1.69. The van der Waals surface area contributed by atoms with Gasteiger partial charge in [-0.2, -0.15) is 0 Å². The summed E-state index contributed by atoms with van der Waals surface area (Å²) in [6, 6.07) is -0.0589. The van der Waals surface area contributed by atoms with Crippen LogP contribution in [0.25, 0.3) is 0 Å². The molecule has 4 heteroatoms. The van der Waals surface area contributed by atoms with E-state index in [2.05, 4.69) is 13.8 Å². The van der Waals surface area contributed by atoms with Crippen LogP contribution in [0.5, 0.6) is 0 Å². The van der Waals surface area contributed by atoms with Crippen molar-refractivity contribution in [1.82, 2.24) is 0 Å². The molecule has 0 aromatic heterocycles. The second-order valence-electron chi connectivity index (χ2n) is 5.43. The summed E-state index contributed by atoms with van der Waals surface area (Å²) in [5, 5.41) is 19.7. The molecule has 4 N–H and O–H groups in total. The van der Waals surface area contributed by atoms with Gasteiger partial charge < -0.3 is 15.9 Å². The highest BCUT2D eigenvalue weighted by molar-refractivity contribution is 5.85. The number of aliphatic hydroxyl groups is 2. The first kappa shape index (κ1) is 17.6. The second-order valence-corrected chi connectivity index (χ2v) is 5.43. The average molecular weight is 240 g/mol. The van der Waals surface area contributed by atoms with E-state index < -0.39 is 11.2 Å². The van der Waals surface area contributed by atoms with Crippen LogP contribution in [0.3, 0.4) is 0 Å². The lowest BCUT2D eigenvalue weighted by Crippen LogP contribution is -2.51. The highest BCUT2D eigenvalue weighted by atomic mass is 35.5. The Hall–Kier alpha value is 0.170. The van der Waals surface area contributed by atoms with Crippen molar-refractivity contribution < 1.29 is 10.2 Å². The maximum absolute atomic E-state index is 10.0. The monoisotopic (exact) mass is 239 g/mol. The number of hydrogen-bond acceptors (Lipinski definition) is 3. The van der Waals surface area contributed by atoms with Crippen molar-refractivity contribution >= 4 is 12.4 Å². The molecule has 0 aromatic carbocycles. The Morgan fingerprint density at radius 1 is 1.13 bits per heavy atom. The smallest absolute Gasteiger partial charge is 0.0914 e. The van der Waals surface area contributed by atoms with Crippen molar-refractivity contribution in [3.05, 3.63) is 0 Å². The Kier molecular flexibility index (Phi) is 7.07. The maximum Gasteiger partial charge on any atom is 0.0914 e. The maximum atomic E-state index is 10.0. The molecule has 0 aromatic rings. The fourth-order valence-corrected chi connectivity index (χ4v) is 1.45. The lowest BCUT2D eigenvalue weighted by Gasteiger charge is -2.37. The van der Waals surface area contributed by atoms with Crippen LogP contribution in [0.1, 0.15) is 47.5 Å². The third-order valence-electron chi connectivity index (χ3n) is 2.75. The molecule has 0 aliphatic heterocycles. The van der Waals surface area contributed by atoms with E-state index in [0.29, 0.717) is 12.3 Å². The van der Waals surface area contributed by atoms with E-state index in [4.69, 9.17) is 5.73 Å². The minimum absolute atomic E-state index is 0. The predicted molar refractivity (Wildman–Crippen MR) is 66.2 cm³/mol. The first-order valence-electron chi connectivity index (χ1n) is 5.26. The first-order chi connectivity index (χ1) is 6.06. The number of hydrogen-bond donors (Lipinski definition) is 3. The Balaban J connectivity index is 0. The molecule has 0 bridgehead atoms. The molecule has 0 amide bonds. The van der Waals surface area contributed by atoms with Crippen molar-refractivity contribution in [2.24, 2.45) is 11.7 Å². The molecule has 0 radical (unpaired) electrons. The van der Waals surface area contributed by atoms with Gasteiger partial charge in [0.05, 0.1) is 11.2 Å². The lowest BCUT2D eigenvalue weighted by atomic mass is 9.81. The van der Waals surface area contributed by atoms with E-state index in [1.54, 1.807) is 20.8 Å². The van der Waals surface area contributed by atoms with E-state index in [9.17, 15) is 10.2 Å². The van der Waals surface area contributed by atoms with Crippen LogP contribution < -0.4 is 5.73 Å². The zero-order chi connectivity index (χ0) is 11.6. The van der Waals surface area contributed by atoms with Crippen molar-refractivity contribution in [2.75, 3.05) is 0 Å². The first-order valence-corrected chi connectivity index (χ1v) is 5.26. The molecule has 2 atom stereocenters. The normalized spacial score (nSPS) is 18.2. The third-order valence-corrected chi connectivity index (χ3v) is 2.75. The summed E-state index contributed by atoms with van der Waals surface area (Å²) in [6.45, 7) is 9.04. The van der Waals surface area contributed by atoms with Crippen LogP contribution in [0, 0.1) is 5.92 Å². The summed E-state index contributed by atoms with van der Waals surface area (Å²) in [6.07, 6.45) is 1.29. The van der Waals surface area contributed by atoms with Gasteiger partial charge in [-0.25, -0.2) is 0 Å². The second kappa shape index (κ2) is 6.04. The highest BCUT2D eigenvalue weighted by Gasteiger charge is 2.38. The number of rotatable bonds is 5. The SMILES string of the molecule is CC(C)CC(N)C[C@@](C)(O)C(C)(C)O.Cl. The van der Waals surface area contributed by atoms with Crippen LogP contribution in [-0.2, 0) is 0 Å². The van der Waals surface area contributed by atoms with Crippen LogP contribution in [0.15, 0.2) is 0 Å². The van der Waals surface area contributed by atoms with Gasteiger partial charge in [-0.3, -0.25) is 0 Å². The molecular weight excluding hydrogens is 214 g/mol. The fraction of sp³-hybridized carbons (Fsp3) is 1.00. The topological polar surface area (TPSA) is 66.5 Å². The Labute approximate surface area is 99.5 Å². The Bertz CT molecular complexity index is 176. The van der Waals surface area contributed by atoms with Crippen molar-refractivity contribution in [1.29, 1.82) is 0 Å². The zero-order valence-electron chi connectivity index (χ0n) is 10.4. The number of nitrogens with two attached hydrogens (primary N) is 1. The van der Waals surface area contributed by atoms with Gasteiger partial charge in [-0.15, -0.1) is 12.4 Å². The van der Waals surface area contributed by atoms with Crippen molar-refractivity contribution in [3.63, 3.8) is 0 Å². The van der Waals surface area contributed by atoms with Gasteiger partial charge in [0.15, 0.2) is 0 Å². The van der Waals surface area contributed by atoms with Gasteiger partial charge in [0.1, 0.15) is 0 Å². The Morgan fingerprint density at radius 2 is 1.53 bits per heavy atom. The molecule has 1 unspecified atom stereocenters. The molecule has 0 aliphatic carbocycles. The average Bonchev–Trinajstić information content (AvgIpc) is 1.79.